The predicted octanol–water partition coefficient (Wildman–Crippen LogP) is -2.21. The van der Waals surface area contributed by atoms with E-state index in [1.165, 1.54) is 12.8 Å². The van der Waals surface area contributed by atoms with Crippen LogP contribution in [0.5, 0.6) is 0 Å². The quantitative estimate of drug-likeness (QED) is 0.196. The smallest absolute Gasteiger partial charge is 0.552 e. The van der Waals surface area contributed by atoms with Gasteiger partial charge in [-0.05, 0) is 6.42 Å². The van der Waals surface area contributed by atoms with Crippen LogP contribution in [-0.2, 0) is 24.4 Å². The summed E-state index contributed by atoms with van der Waals surface area (Å²) in [5.41, 5.74) is 0. The van der Waals surface area contributed by atoms with Crippen LogP contribution in [0, 0.1) is 6.61 Å². The summed E-state index contributed by atoms with van der Waals surface area (Å²) in [6, 6.07) is 0. The Hall–Kier alpha value is 0.446. The van der Waals surface area contributed by atoms with E-state index in [2.05, 4.69) is 6.92 Å². The molecule has 0 rings (SSSR count). The Morgan fingerprint density at radius 3 is 2.00 bits per heavy atom. The van der Waals surface area contributed by atoms with Crippen LogP contribution in [0.1, 0.15) is 33.1 Å². The van der Waals surface area contributed by atoms with Gasteiger partial charge in [-0.3, -0.25) is 14.1 Å². The minimum atomic E-state index is -4.84. The van der Waals surface area contributed by atoms with Crippen LogP contribution in [0.25, 0.3) is 0 Å². The van der Waals surface area contributed by atoms with Crippen molar-refractivity contribution < 1.29 is 88.9 Å². The largest absolute Gasteiger partial charge is 1.00 e. The summed E-state index contributed by atoms with van der Waals surface area (Å²) in [5.74, 6) is -3.50. The third-order valence-corrected chi connectivity index (χ3v) is 2.86. The second-order valence-corrected chi connectivity index (χ2v) is 5.00. The summed E-state index contributed by atoms with van der Waals surface area (Å²) >= 11 is 0. The minimum Gasteiger partial charge on any atom is -0.552 e. The molecule has 0 amide bonds. The maximum absolute atomic E-state index is 10.2. The maximum Gasteiger partial charge on any atom is 1.00 e. The molecule has 0 aromatic heterocycles. The number of rotatable bonds is 8. The van der Waals surface area contributed by atoms with E-state index in [9.17, 15) is 18.0 Å². The molecule has 0 aromatic carbocycles. The van der Waals surface area contributed by atoms with Crippen molar-refractivity contribution in [2.75, 3.05) is 6.61 Å². The van der Waals surface area contributed by atoms with Crippen molar-refractivity contribution in [2.45, 2.75) is 38.4 Å². The summed E-state index contributed by atoms with van der Waals surface area (Å²) in [7, 11) is -4.84. The number of aliphatic carboxylic acids is 2. The third-order valence-electron chi connectivity index (χ3n) is 1.78. The van der Waals surface area contributed by atoms with Crippen LogP contribution in [0.2, 0.25) is 0 Å². The van der Waals surface area contributed by atoms with Gasteiger partial charge in [-0.1, -0.05) is 13.3 Å². The average Bonchev–Trinajstić information content (AvgIpc) is 2.25. The molecule has 0 spiro atoms. The second-order valence-electron chi connectivity index (χ2n) is 3.40. The van der Waals surface area contributed by atoms with Crippen molar-refractivity contribution >= 4 is 22.1 Å². The summed E-state index contributed by atoms with van der Waals surface area (Å²) in [5, 5.41) is 13.9. The van der Waals surface area contributed by atoms with Crippen molar-refractivity contribution in [2.24, 2.45) is 0 Å². The number of hydrogen-bond acceptors (Lipinski definition) is 5. The Balaban J connectivity index is -0.000000312. The maximum atomic E-state index is 10.2. The van der Waals surface area contributed by atoms with E-state index in [1.807, 2.05) is 6.92 Å². The van der Waals surface area contributed by atoms with Gasteiger partial charge >= 0.3 is 63.3 Å². The fourth-order valence-electron chi connectivity index (χ4n) is 0.824. The van der Waals surface area contributed by atoms with Crippen LogP contribution < -0.4 is 51.4 Å². The molecule has 0 aliphatic rings. The molecule has 20 heavy (non-hydrogen) atoms. The molecule has 114 valence electrons. The molecule has 0 aromatic rings. The first kappa shape index (κ1) is 25.4. The van der Waals surface area contributed by atoms with E-state index in [1.54, 1.807) is 6.61 Å². The van der Waals surface area contributed by atoms with Gasteiger partial charge in [-0.25, -0.2) is 6.61 Å². The Morgan fingerprint density at radius 2 is 1.80 bits per heavy atom. The third kappa shape index (κ3) is 16.5. The Bertz CT molecular complexity index is 363. The van der Waals surface area contributed by atoms with E-state index in [4.69, 9.17) is 19.5 Å². The molecule has 8 nitrogen and oxygen atoms in total. The second kappa shape index (κ2) is 14.4. The number of unbranched alkanes of at least 4 members (excludes halogenated alkanes) is 1. The van der Waals surface area contributed by atoms with Gasteiger partial charge in [0.1, 0.15) is 0 Å². The summed E-state index contributed by atoms with van der Waals surface area (Å²) in [6.07, 6.45) is 1.23. The molecule has 10 heteroatoms. The van der Waals surface area contributed by atoms with Gasteiger partial charge in [0.2, 0.25) is 0 Å². The number of carbonyl (C=O) groups is 2. The zero-order valence-corrected chi connectivity index (χ0v) is 15.7. The topological polar surface area (TPSA) is 138 Å². The molecular formula is C10H19KO8S. The molecule has 0 saturated heterocycles. The zero-order chi connectivity index (χ0) is 15.5. The van der Waals surface area contributed by atoms with Crippen molar-refractivity contribution in [3.8, 4) is 0 Å². The van der Waals surface area contributed by atoms with Crippen molar-refractivity contribution in [1.29, 1.82) is 0 Å². The first-order chi connectivity index (χ1) is 8.66. The SMILES string of the molecule is C[CH-]OCCCC.O=C(O)CC(C(=O)O)S(=O)(=O)O.[K+]. The number of ether oxygens (including phenoxy) is 1. The molecular weight excluding hydrogens is 319 g/mol. The fourth-order valence-corrected chi connectivity index (χ4v) is 1.43. The van der Waals surface area contributed by atoms with Gasteiger partial charge in [0.15, 0.2) is 5.25 Å². The standard InChI is InChI=1S/C6H13O.C4H6O7S.K/c1-3-5-6-7-4-2;5-3(6)1-2(4(7)8)12(9,10)11;/h4H,3,5-6H2,1-2H3;2H,1H2,(H,5,6)(H,7,8)(H,9,10,11);/q-1;;+1. The molecule has 0 radical (unpaired) electrons. The molecule has 0 fully saturated rings. The van der Waals surface area contributed by atoms with E-state index >= 15 is 0 Å². The number of carboxylic acids is 2. The Morgan fingerprint density at radius 1 is 1.30 bits per heavy atom. The molecule has 1 unspecified atom stereocenters. The average molecular weight is 338 g/mol. The molecule has 0 heterocycles. The Labute approximate surface area is 161 Å². The summed E-state index contributed by atoms with van der Waals surface area (Å²) in [6.45, 7) is 6.66. The molecule has 0 aliphatic carbocycles. The van der Waals surface area contributed by atoms with E-state index in [-0.39, 0.29) is 51.4 Å². The van der Waals surface area contributed by atoms with Crippen molar-refractivity contribution in [1.82, 2.24) is 0 Å². The minimum absolute atomic E-state index is 0. The van der Waals surface area contributed by atoms with Crippen LogP contribution >= 0.6 is 0 Å². The molecule has 1 atom stereocenters. The van der Waals surface area contributed by atoms with Crippen LogP contribution in [0.15, 0.2) is 0 Å². The molecule has 3 N–H and O–H groups in total. The van der Waals surface area contributed by atoms with Gasteiger partial charge in [-0.15, -0.1) is 0 Å². The number of hydrogen-bond donors (Lipinski definition) is 3. The van der Waals surface area contributed by atoms with Crippen LogP contribution in [-0.4, -0.2) is 47.0 Å². The molecule has 0 bridgehead atoms. The van der Waals surface area contributed by atoms with Gasteiger partial charge in [0.25, 0.3) is 10.1 Å². The van der Waals surface area contributed by atoms with Crippen molar-refractivity contribution in [3.63, 3.8) is 0 Å². The van der Waals surface area contributed by atoms with Gasteiger partial charge < -0.3 is 14.9 Å². The van der Waals surface area contributed by atoms with Crippen LogP contribution in [0.3, 0.4) is 0 Å². The van der Waals surface area contributed by atoms with Gasteiger partial charge in [0, 0.05) is 6.61 Å². The fraction of sp³-hybridized carbons (Fsp3) is 0.700. The van der Waals surface area contributed by atoms with E-state index < -0.39 is 33.7 Å². The van der Waals surface area contributed by atoms with Crippen LogP contribution in [0.4, 0.5) is 0 Å². The monoisotopic (exact) mass is 338 g/mol. The molecule has 0 saturated carbocycles. The van der Waals surface area contributed by atoms with Gasteiger partial charge in [-0.2, -0.15) is 15.3 Å². The summed E-state index contributed by atoms with van der Waals surface area (Å²) < 4.78 is 33.6. The Kier molecular flexibility index (Phi) is 18.3. The van der Waals surface area contributed by atoms with Gasteiger partial charge in [0.05, 0.1) is 6.42 Å². The normalized spacial score (nSPS) is 11.6. The van der Waals surface area contributed by atoms with E-state index in [0.717, 1.165) is 6.61 Å². The van der Waals surface area contributed by atoms with E-state index in [0.29, 0.717) is 0 Å². The predicted molar refractivity (Wildman–Crippen MR) is 66.1 cm³/mol. The first-order valence-electron chi connectivity index (χ1n) is 5.47. The molecule has 0 aliphatic heterocycles. The van der Waals surface area contributed by atoms with Crippen molar-refractivity contribution in [3.05, 3.63) is 6.61 Å². The summed E-state index contributed by atoms with van der Waals surface area (Å²) in [4.78, 5) is 20.0. The number of carboxylic acid groups (broad SMARTS) is 2. The first-order valence-corrected chi connectivity index (χ1v) is 6.97. The zero-order valence-electron chi connectivity index (χ0n) is 11.8.